The maximum Gasteiger partial charge on any atom is 0.236 e. The molecule has 1 atom stereocenters. The van der Waals surface area contributed by atoms with Gasteiger partial charge in [-0.25, -0.2) is 12.8 Å². The molecule has 1 aliphatic rings. The van der Waals surface area contributed by atoms with Crippen molar-refractivity contribution >= 4 is 15.9 Å². The lowest BCUT2D eigenvalue weighted by Crippen LogP contribution is -2.52. The summed E-state index contributed by atoms with van der Waals surface area (Å²) in [6.45, 7) is 6.28. The Hall–Kier alpha value is -2.29. The van der Waals surface area contributed by atoms with Gasteiger partial charge < -0.3 is 4.90 Å². The molecule has 0 saturated carbocycles. The molecule has 0 radical (unpaired) electrons. The van der Waals surface area contributed by atoms with Crippen LogP contribution < -0.4 is 0 Å². The largest absolute Gasteiger partial charge is 0.339 e. The predicted octanol–water partition coefficient (Wildman–Crippen LogP) is 2.88. The molecule has 0 bridgehead atoms. The van der Waals surface area contributed by atoms with Gasteiger partial charge in [0.2, 0.25) is 15.9 Å². The van der Waals surface area contributed by atoms with Crippen molar-refractivity contribution in [2.24, 2.45) is 0 Å². The van der Waals surface area contributed by atoms with Gasteiger partial charge in [-0.05, 0) is 36.7 Å². The summed E-state index contributed by atoms with van der Waals surface area (Å²) in [6, 6.07) is 15.4. The van der Waals surface area contributed by atoms with Crippen LogP contribution in [0.4, 0.5) is 4.39 Å². The van der Waals surface area contributed by atoms with Crippen molar-refractivity contribution in [1.29, 1.82) is 0 Å². The van der Waals surface area contributed by atoms with Crippen LogP contribution in [0.5, 0.6) is 0 Å². The van der Waals surface area contributed by atoms with E-state index in [1.165, 1.54) is 16.4 Å². The van der Waals surface area contributed by atoms with Crippen molar-refractivity contribution in [2.45, 2.75) is 25.6 Å². The number of nitrogens with zero attached hydrogens (tertiary/aromatic N) is 3. The quantitative estimate of drug-likeness (QED) is 0.624. The molecule has 1 fully saturated rings. The molecule has 0 aliphatic carbocycles. The predicted molar refractivity (Wildman–Crippen MR) is 119 cm³/mol. The average Bonchev–Trinajstić information content (AvgIpc) is 2.78. The second kappa shape index (κ2) is 10.3. The minimum atomic E-state index is -3.41. The first-order valence-electron chi connectivity index (χ1n) is 10.6. The minimum absolute atomic E-state index is 0.0177. The molecule has 1 heterocycles. The second-order valence-corrected chi connectivity index (χ2v) is 9.78. The third kappa shape index (κ3) is 6.12. The first-order valence-corrected chi connectivity index (χ1v) is 12.2. The van der Waals surface area contributed by atoms with Crippen molar-refractivity contribution in [3.63, 3.8) is 0 Å². The third-order valence-corrected chi connectivity index (χ3v) is 7.67. The summed E-state index contributed by atoms with van der Waals surface area (Å²) in [6.07, 6.45) is 0. The number of halogens is 1. The average molecular weight is 448 g/mol. The molecule has 1 saturated heterocycles. The highest BCUT2D eigenvalue weighted by Crippen LogP contribution is 2.21. The van der Waals surface area contributed by atoms with Gasteiger partial charge in [-0.15, -0.1) is 0 Å². The molecule has 8 heteroatoms. The Kier molecular flexibility index (Phi) is 7.80. The van der Waals surface area contributed by atoms with Crippen LogP contribution in [0.15, 0.2) is 54.6 Å². The van der Waals surface area contributed by atoms with Gasteiger partial charge in [0.25, 0.3) is 0 Å². The second-order valence-electron chi connectivity index (χ2n) is 7.81. The highest BCUT2D eigenvalue weighted by atomic mass is 32.2. The molecule has 168 valence electrons. The molecule has 6 nitrogen and oxygen atoms in total. The highest BCUT2D eigenvalue weighted by molar-refractivity contribution is 7.88. The van der Waals surface area contributed by atoms with E-state index < -0.39 is 10.0 Å². The van der Waals surface area contributed by atoms with E-state index in [1.807, 2.05) is 36.9 Å². The van der Waals surface area contributed by atoms with E-state index in [-0.39, 0.29) is 30.1 Å². The molecule has 3 rings (SSSR count). The van der Waals surface area contributed by atoms with E-state index in [0.29, 0.717) is 32.7 Å². The van der Waals surface area contributed by atoms with Gasteiger partial charge >= 0.3 is 0 Å². The molecule has 1 amide bonds. The van der Waals surface area contributed by atoms with Crippen LogP contribution in [0.3, 0.4) is 0 Å². The lowest BCUT2D eigenvalue weighted by Gasteiger charge is -2.36. The van der Waals surface area contributed by atoms with Crippen molar-refractivity contribution in [1.82, 2.24) is 14.1 Å². The Morgan fingerprint density at radius 2 is 1.65 bits per heavy atom. The number of hydrogen-bond donors (Lipinski definition) is 0. The molecule has 1 aliphatic heterocycles. The summed E-state index contributed by atoms with van der Waals surface area (Å²) >= 11 is 0. The van der Waals surface area contributed by atoms with E-state index in [1.54, 1.807) is 29.2 Å². The molecule has 31 heavy (non-hydrogen) atoms. The van der Waals surface area contributed by atoms with Crippen molar-refractivity contribution in [3.05, 3.63) is 71.5 Å². The fourth-order valence-corrected chi connectivity index (χ4v) is 5.36. The summed E-state index contributed by atoms with van der Waals surface area (Å²) in [5.74, 6) is -0.327. The number of hydrogen-bond acceptors (Lipinski definition) is 4. The number of carbonyl (C=O) groups excluding carboxylic acids is 1. The molecule has 0 spiro atoms. The first kappa shape index (κ1) is 23.4. The molecular weight excluding hydrogens is 417 g/mol. The third-order valence-electron chi connectivity index (χ3n) is 5.82. The normalized spacial score (nSPS) is 16.5. The van der Waals surface area contributed by atoms with E-state index in [0.717, 1.165) is 11.1 Å². The summed E-state index contributed by atoms with van der Waals surface area (Å²) in [7, 11) is -3.41. The van der Waals surface area contributed by atoms with E-state index in [4.69, 9.17) is 0 Å². The van der Waals surface area contributed by atoms with Crippen LogP contribution in [0.25, 0.3) is 0 Å². The zero-order valence-corrected chi connectivity index (χ0v) is 18.9. The van der Waals surface area contributed by atoms with Crippen LogP contribution in [-0.4, -0.2) is 67.7 Å². The van der Waals surface area contributed by atoms with Gasteiger partial charge in [0.15, 0.2) is 0 Å². The monoisotopic (exact) mass is 447 g/mol. The Bertz CT molecular complexity index is 959. The maximum absolute atomic E-state index is 13.2. The molecular formula is C23H30FN3O3S. The summed E-state index contributed by atoms with van der Waals surface area (Å²) in [5.41, 5.74) is 1.71. The van der Waals surface area contributed by atoms with Gasteiger partial charge in [-0.1, -0.05) is 49.4 Å². The summed E-state index contributed by atoms with van der Waals surface area (Å²) in [5, 5.41) is 0. The van der Waals surface area contributed by atoms with Crippen LogP contribution >= 0.6 is 0 Å². The van der Waals surface area contributed by atoms with Gasteiger partial charge in [-0.3, -0.25) is 9.69 Å². The van der Waals surface area contributed by atoms with Crippen molar-refractivity contribution < 1.29 is 17.6 Å². The lowest BCUT2D eigenvalue weighted by molar-refractivity contribution is -0.134. The Labute approximate surface area is 184 Å². The number of likely N-dealkylation sites (N-methyl/N-ethyl adjacent to an activating group) is 1. The molecule has 0 aromatic heterocycles. The topological polar surface area (TPSA) is 60.9 Å². The number of sulfonamides is 1. The molecule has 2 aromatic rings. The van der Waals surface area contributed by atoms with Gasteiger partial charge in [0.05, 0.1) is 12.3 Å². The summed E-state index contributed by atoms with van der Waals surface area (Å²) in [4.78, 5) is 16.6. The standard InChI is InChI=1S/C23H30FN3O3S/c1-3-25(19(2)21-9-11-22(24)12-10-21)17-23(28)26-13-15-27(16-14-26)31(29,30)18-20-7-5-4-6-8-20/h4-12,19H,3,13-18H2,1-2H3. The van der Waals surface area contributed by atoms with Crippen LogP contribution in [-0.2, 0) is 20.6 Å². The highest BCUT2D eigenvalue weighted by Gasteiger charge is 2.30. The number of carbonyl (C=O) groups is 1. The van der Waals surface area contributed by atoms with Gasteiger partial charge in [0.1, 0.15) is 5.82 Å². The zero-order valence-electron chi connectivity index (χ0n) is 18.1. The number of rotatable bonds is 8. The van der Waals surface area contributed by atoms with Crippen LogP contribution in [0, 0.1) is 5.82 Å². The zero-order chi connectivity index (χ0) is 22.4. The number of benzene rings is 2. The van der Waals surface area contributed by atoms with Crippen molar-refractivity contribution in [2.75, 3.05) is 39.3 Å². The van der Waals surface area contributed by atoms with Crippen LogP contribution in [0.1, 0.15) is 31.0 Å². The van der Waals surface area contributed by atoms with E-state index >= 15 is 0 Å². The molecule has 2 aromatic carbocycles. The molecule has 1 unspecified atom stereocenters. The lowest BCUT2D eigenvalue weighted by atomic mass is 10.1. The first-order chi connectivity index (χ1) is 14.8. The van der Waals surface area contributed by atoms with Crippen LogP contribution in [0.2, 0.25) is 0 Å². The Balaban J connectivity index is 1.54. The van der Waals surface area contributed by atoms with E-state index in [2.05, 4.69) is 0 Å². The molecule has 0 N–H and O–H groups in total. The fourth-order valence-electron chi connectivity index (χ4n) is 3.84. The Morgan fingerprint density at radius 1 is 1.03 bits per heavy atom. The SMILES string of the molecule is CCN(CC(=O)N1CCN(S(=O)(=O)Cc2ccccc2)CC1)C(C)c1ccc(F)cc1. The fraction of sp³-hybridized carbons (Fsp3) is 0.435. The van der Waals surface area contributed by atoms with Gasteiger partial charge in [0, 0.05) is 32.2 Å². The number of amides is 1. The van der Waals surface area contributed by atoms with Gasteiger partial charge in [-0.2, -0.15) is 4.31 Å². The Morgan fingerprint density at radius 3 is 2.23 bits per heavy atom. The van der Waals surface area contributed by atoms with E-state index in [9.17, 15) is 17.6 Å². The summed E-state index contributed by atoms with van der Waals surface area (Å²) < 4.78 is 40.1. The smallest absolute Gasteiger partial charge is 0.236 e. The number of piperazine rings is 1. The maximum atomic E-state index is 13.2. The minimum Gasteiger partial charge on any atom is -0.339 e. The van der Waals surface area contributed by atoms with Crippen molar-refractivity contribution in [3.8, 4) is 0 Å².